The van der Waals surface area contributed by atoms with Crippen LogP contribution in [-0.2, 0) is 6.18 Å². The molecule has 0 spiro atoms. The fourth-order valence-corrected chi connectivity index (χ4v) is 1.29. The molecule has 0 atom stereocenters. The quantitative estimate of drug-likeness (QED) is 0.263. The lowest BCUT2D eigenvalue weighted by molar-refractivity contribution is -0.137. The molecule has 1 heterocycles. The molecule has 1 aromatic rings. The Bertz CT molecular complexity index is 492. The van der Waals surface area contributed by atoms with Crippen molar-refractivity contribution in [2.75, 3.05) is 6.54 Å². The average Bonchev–Trinajstić information content (AvgIpc) is 2.29. The normalized spacial score (nSPS) is 11.6. The van der Waals surface area contributed by atoms with E-state index in [-0.39, 0.29) is 17.3 Å². The molecule has 8 heteroatoms. The summed E-state index contributed by atoms with van der Waals surface area (Å²) in [6.07, 6.45) is -0.378. The highest BCUT2D eigenvalue weighted by Crippen LogP contribution is 2.30. The van der Waals surface area contributed by atoms with Crippen LogP contribution < -0.4 is 0 Å². The predicted octanol–water partition coefficient (Wildman–Crippen LogP) is 4.47. The Morgan fingerprint density at radius 1 is 1.50 bits per heavy atom. The predicted molar refractivity (Wildman–Crippen MR) is 61.9 cm³/mol. The smallest absolute Gasteiger partial charge is 0.243 e. The van der Waals surface area contributed by atoms with Gasteiger partial charge >= 0.3 is 6.18 Å². The molecule has 1 rings (SSSR count). The van der Waals surface area contributed by atoms with E-state index in [1.54, 1.807) is 6.08 Å². The second-order valence-electron chi connectivity index (χ2n) is 3.25. The molecule has 4 nitrogen and oxygen atoms in total. The molecule has 0 aliphatic rings. The molecule has 0 aliphatic carbocycles. The maximum Gasteiger partial charge on any atom is 0.417 e. The van der Waals surface area contributed by atoms with Gasteiger partial charge in [0.25, 0.3) is 0 Å². The third kappa shape index (κ3) is 4.27. The Kier molecular flexibility index (Phi) is 5.00. The molecule has 0 unspecified atom stereocenters. The standard InChI is InChI=1S/C10H8ClF3N4/c11-9-7(3-1-2-4-17-18-15)5-8(6-16-9)10(12,13)14/h1,3,5-6H,2,4H2. The third-order valence-corrected chi connectivity index (χ3v) is 2.27. The monoisotopic (exact) mass is 276 g/mol. The molecule has 96 valence electrons. The maximum absolute atomic E-state index is 12.4. The number of hydrogen-bond donors (Lipinski definition) is 0. The highest BCUT2D eigenvalue weighted by molar-refractivity contribution is 6.30. The van der Waals surface area contributed by atoms with Crippen molar-refractivity contribution < 1.29 is 13.2 Å². The van der Waals surface area contributed by atoms with E-state index in [0.717, 1.165) is 6.07 Å². The molecular formula is C10H8ClF3N4. The molecule has 0 saturated carbocycles. The first-order valence-electron chi connectivity index (χ1n) is 4.85. The van der Waals surface area contributed by atoms with Crippen molar-refractivity contribution in [3.63, 3.8) is 0 Å². The third-order valence-electron chi connectivity index (χ3n) is 1.95. The van der Waals surface area contributed by atoms with E-state index in [9.17, 15) is 13.2 Å². The van der Waals surface area contributed by atoms with Crippen molar-refractivity contribution in [2.45, 2.75) is 12.6 Å². The van der Waals surface area contributed by atoms with Crippen LogP contribution in [0.25, 0.3) is 16.5 Å². The van der Waals surface area contributed by atoms with Gasteiger partial charge in [0, 0.05) is 23.2 Å². The van der Waals surface area contributed by atoms with Gasteiger partial charge in [-0.2, -0.15) is 13.2 Å². The molecule has 0 aliphatic heterocycles. The number of halogens is 4. The van der Waals surface area contributed by atoms with Gasteiger partial charge in [0.1, 0.15) is 5.15 Å². The largest absolute Gasteiger partial charge is 0.417 e. The van der Waals surface area contributed by atoms with Crippen LogP contribution in [0.5, 0.6) is 0 Å². The van der Waals surface area contributed by atoms with Crippen LogP contribution in [0.15, 0.2) is 23.5 Å². The van der Waals surface area contributed by atoms with Crippen LogP contribution in [0.1, 0.15) is 17.5 Å². The van der Waals surface area contributed by atoms with Crippen LogP contribution >= 0.6 is 11.6 Å². The molecule has 0 amide bonds. The highest BCUT2D eigenvalue weighted by Gasteiger charge is 2.31. The number of pyridine rings is 1. The Labute approximate surface area is 106 Å². The lowest BCUT2D eigenvalue weighted by Gasteiger charge is -2.07. The van der Waals surface area contributed by atoms with E-state index in [0.29, 0.717) is 12.6 Å². The highest BCUT2D eigenvalue weighted by atomic mass is 35.5. The first-order chi connectivity index (χ1) is 8.45. The minimum absolute atomic E-state index is 0.0111. The van der Waals surface area contributed by atoms with Gasteiger partial charge in [-0.3, -0.25) is 0 Å². The topological polar surface area (TPSA) is 61.7 Å². The fraction of sp³-hybridized carbons (Fsp3) is 0.300. The second-order valence-corrected chi connectivity index (χ2v) is 3.61. The van der Waals surface area contributed by atoms with Crippen molar-refractivity contribution in [3.8, 4) is 0 Å². The van der Waals surface area contributed by atoms with Gasteiger partial charge in [-0.05, 0) is 18.0 Å². The van der Waals surface area contributed by atoms with Crippen molar-refractivity contribution >= 4 is 17.7 Å². The lowest BCUT2D eigenvalue weighted by Crippen LogP contribution is -2.05. The van der Waals surface area contributed by atoms with Crippen molar-refractivity contribution in [1.29, 1.82) is 0 Å². The summed E-state index contributed by atoms with van der Waals surface area (Å²) in [5.41, 5.74) is 7.34. The van der Waals surface area contributed by atoms with Gasteiger partial charge in [-0.15, -0.1) is 0 Å². The lowest BCUT2D eigenvalue weighted by atomic mass is 10.2. The molecular weight excluding hydrogens is 269 g/mol. The van der Waals surface area contributed by atoms with Crippen LogP contribution in [0.2, 0.25) is 5.15 Å². The van der Waals surface area contributed by atoms with Crippen molar-refractivity contribution in [3.05, 3.63) is 45.1 Å². The summed E-state index contributed by atoms with van der Waals surface area (Å²) in [7, 11) is 0. The zero-order valence-electron chi connectivity index (χ0n) is 9.02. The summed E-state index contributed by atoms with van der Waals surface area (Å²) in [4.78, 5) is 6.02. The first kappa shape index (κ1) is 14.3. The maximum atomic E-state index is 12.4. The van der Waals surface area contributed by atoms with E-state index >= 15 is 0 Å². The van der Waals surface area contributed by atoms with Gasteiger partial charge in [-0.25, -0.2) is 4.98 Å². The molecule has 0 fully saturated rings. The molecule has 1 aromatic heterocycles. The summed E-state index contributed by atoms with van der Waals surface area (Å²) in [5.74, 6) is 0. The van der Waals surface area contributed by atoms with Gasteiger partial charge < -0.3 is 0 Å². The number of nitrogens with zero attached hydrogens (tertiary/aromatic N) is 4. The van der Waals surface area contributed by atoms with Crippen molar-refractivity contribution in [1.82, 2.24) is 4.98 Å². The Morgan fingerprint density at radius 2 is 2.22 bits per heavy atom. The van der Waals surface area contributed by atoms with Gasteiger partial charge in [-0.1, -0.05) is 28.9 Å². The van der Waals surface area contributed by atoms with Crippen LogP contribution in [0, 0.1) is 0 Å². The number of aromatic nitrogens is 1. The zero-order chi connectivity index (χ0) is 13.6. The Morgan fingerprint density at radius 3 is 2.83 bits per heavy atom. The Hall–Kier alpha value is -1.72. The van der Waals surface area contributed by atoms with Crippen LogP contribution in [0.3, 0.4) is 0 Å². The summed E-state index contributed by atoms with van der Waals surface area (Å²) in [5, 5.41) is 3.27. The zero-order valence-corrected chi connectivity index (χ0v) is 9.78. The molecule has 0 aromatic carbocycles. The molecule has 0 N–H and O–H groups in total. The molecule has 0 bridgehead atoms. The number of hydrogen-bond acceptors (Lipinski definition) is 2. The number of azide groups is 1. The summed E-state index contributed by atoms with van der Waals surface area (Å²) >= 11 is 5.67. The van der Waals surface area contributed by atoms with E-state index in [1.165, 1.54) is 6.08 Å². The van der Waals surface area contributed by atoms with E-state index in [1.807, 2.05) is 0 Å². The second kappa shape index (κ2) is 6.28. The van der Waals surface area contributed by atoms with E-state index in [4.69, 9.17) is 17.1 Å². The summed E-state index contributed by atoms with van der Waals surface area (Å²) in [6, 6.07) is 0.916. The molecule has 0 radical (unpaired) electrons. The Balaban J connectivity index is 2.84. The van der Waals surface area contributed by atoms with Crippen LogP contribution in [-0.4, -0.2) is 11.5 Å². The first-order valence-corrected chi connectivity index (χ1v) is 5.23. The van der Waals surface area contributed by atoms with E-state index < -0.39 is 11.7 Å². The van der Waals surface area contributed by atoms with Gasteiger partial charge in [0.2, 0.25) is 0 Å². The number of rotatable bonds is 4. The van der Waals surface area contributed by atoms with Crippen molar-refractivity contribution in [2.24, 2.45) is 5.11 Å². The minimum atomic E-state index is -4.45. The summed E-state index contributed by atoms with van der Waals surface area (Å²) < 4.78 is 37.3. The molecule has 18 heavy (non-hydrogen) atoms. The SMILES string of the molecule is [N-]=[N+]=NCCC=Cc1cc(C(F)(F)F)cnc1Cl. The summed E-state index contributed by atoms with van der Waals surface area (Å²) in [6.45, 7) is 0.233. The average molecular weight is 277 g/mol. The minimum Gasteiger partial charge on any atom is -0.243 e. The van der Waals surface area contributed by atoms with Gasteiger partial charge in [0.15, 0.2) is 0 Å². The molecule has 0 saturated heterocycles. The fourth-order valence-electron chi connectivity index (χ4n) is 1.12. The van der Waals surface area contributed by atoms with Gasteiger partial charge in [0.05, 0.1) is 5.56 Å². The van der Waals surface area contributed by atoms with Crippen LogP contribution in [0.4, 0.5) is 13.2 Å². The number of alkyl halides is 3. The van der Waals surface area contributed by atoms with E-state index in [2.05, 4.69) is 15.0 Å².